The molecule has 5 nitrogen and oxygen atoms in total. The first-order valence-electron chi connectivity index (χ1n) is 9.40. The number of rotatable bonds is 5. The second kappa shape index (κ2) is 6.95. The summed E-state index contributed by atoms with van der Waals surface area (Å²) in [5, 5.41) is 7.05. The van der Waals surface area contributed by atoms with Crippen molar-refractivity contribution in [2.24, 2.45) is 0 Å². The highest BCUT2D eigenvalue weighted by atomic mass is 32.1. The summed E-state index contributed by atoms with van der Waals surface area (Å²) in [4.78, 5) is 14.0. The summed E-state index contributed by atoms with van der Waals surface area (Å²) < 4.78 is 16.9. The molecule has 1 aliphatic rings. The Morgan fingerprint density at radius 3 is 2.75 bits per heavy atom. The highest BCUT2D eigenvalue weighted by Gasteiger charge is 2.45. The summed E-state index contributed by atoms with van der Waals surface area (Å²) in [6.45, 7) is 0.0929. The zero-order valence-corrected chi connectivity index (χ0v) is 16.0. The third-order valence-electron chi connectivity index (χ3n) is 5.42. The third kappa shape index (κ3) is 2.94. The van der Waals surface area contributed by atoms with Gasteiger partial charge >= 0.3 is 5.97 Å². The number of nitrogens with zero attached hydrogens (tertiary/aromatic N) is 1. The number of furan rings is 1. The van der Waals surface area contributed by atoms with Crippen molar-refractivity contribution in [3.63, 3.8) is 0 Å². The summed E-state index contributed by atoms with van der Waals surface area (Å²) in [7, 11) is 0. The summed E-state index contributed by atoms with van der Waals surface area (Å²) in [5.41, 5.74) is 0.864. The van der Waals surface area contributed by atoms with E-state index in [2.05, 4.69) is 5.16 Å². The van der Waals surface area contributed by atoms with Crippen LogP contribution in [-0.2, 0) is 21.6 Å². The van der Waals surface area contributed by atoms with Crippen molar-refractivity contribution in [1.29, 1.82) is 0 Å². The fourth-order valence-electron chi connectivity index (χ4n) is 3.96. The van der Waals surface area contributed by atoms with Gasteiger partial charge in [-0.25, -0.2) is 0 Å². The van der Waals surface area contributed by atoms with E-state index in [1.807, 2.05) is 47.8 Å². The molecule has 0 unspecified atom stereocenters. The molecule has 5 rings (SSSR count). The smallest absolute Gasteiger partial charge is 0.317 e. The zero-order chi connectivity index (χ0) is 19.0. The minimum atomic E-state index is -0.501. The maximum atomic E-state index is 12.9. The summed E-state index contributed by atoms with van der Waals surface area (Å²) in [5.74, 6) is 0.967. The van der Waals surface area contributed by atoms with E-state index in [1.165, 1.54) is 0 Å². The van der Waals surface area contributed by atoms with Gasteiger partial charge in [0.05, 0.1) is 0 Å². The fraction of sp³-hybridized carbons (Fsp3) is 0.273. The van der Waals surface area contributed by atoms with Crippen LogP contribution in [0.15, 0.2) is 62.9 Å². The van der Waals surface area contributed by atoms with E-state index >= 15 is 0 Å². The summed E-state index contributed by atoms with van der Waals surface area (Å²) in [6.07, 6.45) is 3.78. The molecule has 0 bridgehead atoms. The van der Waals surface area contributed by atoms with Gasteiger partial charge in [-0.15, -0.1) is 11.3 Å². The number of hydrogen-bond donors (Lipinski definition) is 0. The number of thiophene rings is 1. The Kier molecular flexibility index (Phi) is 4.28. The number of carbonyl (C=O) groups excluding carboxylic acids is 1. The Balaban J connectivity index is 1.31. The van der Waals surface area contributed by atoms with E-state index in [0.29, 0.717) is 17.2 Å². The molecule has 1 aliphatic carbocycles. The van der Waals surface area contributed by atoms with Crippen LogP contribution in [0.2, 0.25) is 0 Å². The molecular formula is C22H19NO4S. The molecule has 0 radical (unpaired) electrons. The Labute approximate surface area is 165 Å². The Bertz CT molecular complexity index is 1070. The lowest BCUT2D eigenvalue weighted by Crippen LogP contribution is -2.33. The Morgan fingerprint density at radius 1 is 1.11 bits per heavy atom. The topological polar surface area (TPSA) is 65.5 Å². The lowest BCUT2D eigenvalue weighted by atomic mass is 9.84. The molecule has 3 heterocycles. The maximum Gasteiger partial charge on any atom is 0.317 e. The van der Waals surface area contributed by atoms with Crippen LogP contribution in [-0.4, -0.2) is 11.1 Å². The van der Waals surface area contributed by atoms with E-state index in [0.717, 1.165) is 41.5 Å². The molecule has 4 aromatic rings. The van der Waals surface area contributed by atoms with E-state index in [-0.39, 0.29) is 12.6 Å². The normalized spacial score (nSPS) is 15.9. The van der Waals surface area contributed by atoms with Crippen LogP contribution >= 0.6 is 11.3 Å². The number of para-hydroxylation sites is 1. The first-order chi connectivity index (χ1) is 13.7. The molecule has 1 aromatic carbocycles. The molecule has 1 saturated carbocycles. The third-order valence-corrected chi connectivity index (χ3v) is 6.49. The molecule has 3 aromatic heterocycles. The molecule has 0 saturated heterocycles. The monoisotopic (exact) mass is 393 g/mol. The van der Waals surface area contributed by atoms with Gasteiger partial charge in [-0.1, -0.05) is 42.3 Å². The summed E-state index contributed by atoms with van der Waals surface area (Å²) in [6, 6.07) is 15.5. The van der Waals surface area contributed by atoms with E-state index in [9.17, 15) is 4.79 Å². The average molecular weight is 393 g/mol. The van der Waals surface area contributed by atoms with Crippen molar-refractivity contribution in [2.45, 2.75) is 37.7 Å². The molecule has 0 atom stereocenters. The highest BCUT2D eigenvalue weighted by Crippen LogP contribution is 2.44. The van der Waals surface area contributed by atoms with Crippen LogP contribution < -0.4 is 0 Å². The number of benzene rings is 1. The number of carbonyl (C=O) groups is 1. The molecule has 6 heteroatoms. The fourth-order valence-corrected chi connectivity index (χ4v) is 4.93. The number of hydrogen-bond acceptors (Lipinski definition) is 6. The Morgan fingerprint density at radius 2 is 1.96 bits per heavy atom. The lowest BCUT2D eigenvalue weighted by molar-refractivity contribution is -0.152. The molecule has 0 spiro atoms. The summed E-state index contributed by atoms with van der Waals surface area (Å²) >= 11 is 1.62. The van der Waals surface area contributed by atoms with Gasteiger partial charge in [0.2, 0.25) is 5.76 Å². The average Bonchev–Trinajstić information content (AvgIpc) is 3.51. The molecule has 0 aliphatic heterocycles. The van der Waals surface area contributed by atoms with Crippen molar-refractivity contribution in [2.75, 3.05) is 0 Å². The molecular weight excluding hydrogens is 374 g/mol. The van der Waals surface area contributed by atoms with Gasteiger partial charge in [0.15, 0.2) is 5.76 Å². The van der Waals surface area contributed by atoms with Crippen molar-refractivity contribution in [3.05, 3.63) is 64.5 Å². The lowest BCUT2D eigenvalue weighted by Gasteiger charge is -2.25. The predicted octanol–water partition coefficient (Wildman–Crippen LogP) is 5.70. The predicted molar refractivity (Wildman–Crippen MR) is 106 cm³/mol. The van der Waals surface area contributed by atoms with Gasteiger partial charge < -0.3 is 13.7 Å². The zero-order valence-electron chi connectivity index (χ0n) is 15.2. The van der Waals surface area contributed by atoms with E-state index in [4.69, 9.17) is 13.7 Å². The molecule has 1 fully saturated rings. The van der Waals surface area contributed by atoms with Crippen LogP contribution in [0.3, 0.4) is 0 Å². The number of fused-ring (bicyclic) bond motifs is 1. The van der Waals surface area contributed by atoms with Crippen LogP contribution in [0, 0.1) is 0 Å². The maximum absolute atomic E-state index is 12.9. The van der Waals surface area contributed by atoms with Gasteiger partial charge in [-0.05, 0) is 36.4 Å². The second-order valence-electron chi connectivity index (χ2n) is 7.17. The van der Waals surface area contributed by atoms with Crippen molar-refractivity contribution in [1.82, 2.24) is 5.16 Å². The van der Waals surface area contributed by atoms with Crippen LogP contribution in [0.5, 0.6) is 0 Å². The quantitative estimate of drug-likeness (QED) is 0.407. The SMILES string of the molecule is O=C(OCc1cc(-c2cc3ccccc3o2)on1)C1(c2cccs2)CCCC1. The molecule has 0 N–H and O–H groups in total. The highest BCUT2D eigenvalue weighted by molar-refractivity contribution is 7.10. The van der Waals surface area contributed by atoms with Gasteiger partial charge in [0.1, 0.15) is 23.3 Å². The van der Waals surface area contributed by atoms with E-state index in [1.54, 1.807) is 17.4 Å². The van der Waals surface area contributed by atoms with Gasteiger partial charge in [0.25, 0.3) is 0 Å². The minimum Gasteiger partial charge on any atom is -0.458 e. The van der Waals surface area contributed by atoms with Gasteiger partial charge in [0, 0.05) is 16.3 Å². The Hall–Kier alpha value is -2.86. The number of ether oxygens (including phenoxy) is 1. The molecule has 142 valence electrons. The first-order valence-corrected chi connectivity index (χ1v) is 10.3. The second-order valence-corrected chi connectivity index (χ2v) is 8.12. The van der Waals surface area contributed by atoms with Gasteiger partial charge in [-0.3, -0.25) is 4.79 Å². The van der Waals surface area contributed by atoms with Crippen molar-refractivity contribution >= 4 is 28.3 Å². The van der Waals surface area contributed by atoms with Crippen molar-refractivity contribution in [3.8, 4) is 11.5 Å². The largest absolute Gasteiger partial charge is 0.458 e. The van der Waals surface area contributed by atoms with Crippen molar-refractivity contribution < 1.29 is 18.5 Å². The van der Waals surface area contributed by atoms with Gasteiger partial charge in [-0.2, -0.15) is 0 Å². The number of aromatic nitrogens is 1. The van der Waals surface area contributed by atoms with Crippen LogP contribution in [0.25, 0.3) is 22.5 Å². The molecule has 28 heavy (non-hydrogen) atoms. The van der Waals surface area contributed by atoms with Crippen LogP contribution in [0.4, 0.5) is 0 Å². The van der Waals surface area contributed by atoms with Crippen LogP contribution in [0.1, 0.15) is 36.3 Å². The minimum absolute atomic E-state index is 0.0929. The standard InChI is InChI=1S/C22H19NO4S/c24-21(22(9-3-4-10-22)20-8-5-11-28-20)25-14-16-13-19(27-23-16)18-12-15-6-1-2-7-17(15)26-18/h1-2,5-8,11-13H,3-4,9-10,14H2. The molecule has 0 amide bonds. The first kappa shape index (κ1) is 17.3. The number of esters is 1. The van der Waals surface area contributed by atoms with E-state index < -0.39 is 5.41 Å².